The molecule has 1 fully saturated rings. The molecule has 0 aromatic heterocycles. The first-order chi connectivity index (χ1) is 6.17. The van der Waals surface area contributed by atoms with Crippen LogP contribution in [-0.4, -0.2) is 18.0 Å². The molecular formula is C11H18O2. The quantitative estimate of drug-likeness (QED) is 0.536. The molecule has 2 heteroatoms. The average molecular weight is 182 g/mol. The van der Waals surface area contributed by atoms with E-state index in [0.29, 0.717) is 12.2 Å². The Kier molecular flexibility index (Phi) is 2.43. The highest BCUT2D eigenvalue weighted by atomic mass is 16.7. The second-order valence-corrected chi connectivity index (χ2v) is 4.34. The second-order valence-electron chi connectivity index (χ2n) is 4.34. The molecular weight excluding hydrogens is 164 g/mol. The monoisotopic (exact) mass is 182 g/mol. The molecule has 0 radical (unpaired) electrons. The Hall–Kier alpha value is -0.340. The first kappa shape index (κ1) is 9.22. The predicted octanol–water partition coefficient (Wildman–Crippen LogP) is 2.64. The first-order valence-corrected chi connectivity index (χ1v) is 5.18. The van der Waals surface area contributed by atoms with Gasteiger partial charge < -0.3 is 9.47 Å². The SMILES string of the molecule is CC1(C)OC2CC/C=C/CC[C@H]2O1. The Morgan fingerprint density at radius 1 is 1.00 bits per heavy atom. The Labute approximate surface area is 79.9 Å². The summed E-state index contributed by atoms with van der Waals surface area (Å²) in [5.74, 6) is -0.361. The zero-order valence-corrected chi connectivity index (χ0v) is 8.45. The van der Waals surface area contributed by atoms with Gasteiger partial charge in [-0.15, -0.1) is 0 Å². The van der Waals surface area contributed by atoms with Crippen LogP contribution in [0.5, 0.6) is 0 Å². The summed E-state index contributed by atoms with van der Waals surface area (Å²) >= 11 is 0. The topological polar surface area (TPSA) is 18.5 Å². The van der Waals surface area contributed by atoms with E-state index in [2.05, 4.69) is 12.2 Å². The van der Waals surface area contributed by atoms with E-state index in [4.69, 9.17) is 9.47 Å². The molecule has 0 bridgehead atoms. The van der Waals surface area contributed by atoms with Crippen molar-refractivity contribution in [3.63, 3.8) is 0 Å². The lowest BCUT2D eigenvalue weighted by atomic mass is 10.0. The van der Waals surface area contributed by atoms with Gasteiger partial charge in [0.2, 0.25) is 0 Å². The highest BCUT2D eigenvalue weighted by Crippen LogP contribution is 2.33. The summed E-state index contributed by atoms with van der Waals surface area (Å²) in [6.07, 6.45) is 9.60. The van der Waals surface area contributed by atoms with Crippen molar-refractivity contribution in [2.24, 2.45) is 0 Å². The molecule has 0 aromatic rings. The molecule has 1 aliphatic carbocycles. The minimum atomic E-state index is -0.361. The van der Waals surface area contributed by atoms with Crippen LogP contribution >= 0.6 is 0 Å². The first-order valence-electron chi connectivity index (χ1n) is 5.18. The zero-order valence-electron chi connectivity index (χ0n) is 8.45. The van der Waals surface area contributed by atoms with Crippen molar-refractivity contribution in [3.8, 4) is 0 Å². The van der Waals surface area contributed by atoms with Gasteiger partial charge in [0.15, 0.2) is 5.79 Å². The summed E-state index contributed by atoms with van der Waals surface area (Å²) in [7, 11) is 0. The molecule has 74 valence electrons. The van der Waals surface area contributed by atoms with Gasteiger partial charge in [0.05, 0.1) is 12.2 Å². The van der Waals surface area contributed by atoms with Crippen molar-refractivity contribution < 1.29 is 9.47 Å². The van der Waals surface area contributed by atoms with E-state index in [1.165, 1.54) is 0 Å². The number of ether oxygens (including phenoxy) is 2. The van der Waals surface area contributed by atoms with Crippen LogP contribution in [0.2, 0.25) is 0 Å². The van der Waals surface area contributed by atoms with Crippen molar-refractivity contribution in [1.29, 1.82) is 0 Å². The van der Waals surface area contributed by atoms with Crippen LogP contribution < -0.4 is 0 Å². The summed E-state index contributed by atoms with van der Waals surface area (Å²) in [5.41, 5.74) is 0. The molecule has 1 heterocycles. The maximum atomic E-state index is 5.83. The van der Waals surface area contributed by atoms with Gasteiger partial charge in [0.25, 0.3) is 0 Å². The molecule has 0 spiro atoms. The summed E-state index contributed by atoms with van der Waals surface area (Å²) in [6, 6.07) is 0. The van der Waals surface area contributed by atoms with E-state index in [0.717, 1.165) is 25.7 Å². The highest BCUT2D eigenvalue weighted by molar-refractivity contribution is 4.91. The Morgan fingerprint density at radius 3 is 1.92 bits per heavy atom. The number of hydrogen-bond donors (Lipinski definition) is 0. The molecule has 1 aliphatic heterocycles. The van der Waals surface area contributed by atoms with E-state index in [1.807, 2.05) is 13.8 Å². The third-order valence-corrected chi connectivity index (χ3v) is 2.69. The van der Waals surface area contributed by atoms with E-state index in [-0.39, 0.29) is 5.79 Å². The van der Waals surface area contributed by atoms with Crippen molar-refractivity contribution in [2.75, 3.05) is 0 Å². The normalized spacial score (nSPS) is 40.5. The van der Waals surface area contributed by atoms with Crippen LogP contribution in [-0.2, 0) is 9.47 Å². The van der Waals surface area contributed by atoms with Gasteiger partial charge in [-0.05, 0) is 39.5 Å². The molecule has 0 aromatic carbocycles. The molecule has 2 aliphatic rings. The molecule has 0 saturated carbocycles. The predicted molar refractivity (Wildman–Crippen MR) is 51.4 cm³/mol. The van der Waals surface area contributed by atoms with Gasteiger partial charge in [-0.2, -0.15) is 0 Å². The molecule has 1 saturated heterocycles. The number of allylic oxidation sites excluding steroid dienone is 2. The second kappa shape index (κ2) is 3.43. The van der Waals surface area contributed by atoms with Gasteiger partial charge in [0.1, 0.15) is 0 Å². The molecule has 0 N–H and O–H groups in total. The van der Waals surface area contributed by atoms with Crippen LogP contribution in [0.25, 0.3) is 0 Å². The lowest BCUT2D eigenvalue weighted by Gasteiger charge is -2.16. The van der Waals surface area contributed by atoms with Crippen LogP contribution in [0, 0.1) is 0 Å². The molecule has 2 rings (SSSR count). The summed E-state index contributed by atoms with van der Waals surface area (Å²) in [5, 5.41) is 0. The lowest BCUT2D eigenvalue weighted by molar-refractivity contribution is -0.146. The van der Waals surface area contributed by atoms with Crippen LogP contribution in [0.1, 0.15) is 39.5 Å². The van der Waals surface area contributed by atoms with Crippen LogP contribution in [0.3, 0.4) is 0 Å². The minimum absolute atomic E-state index is 0.319. The summed E-state index contributed by atoms with van der Waals surface area (Å²) in [6.45, 7) is 4.01. The van der Waals surface area contributed by atoms with Gasteiger partial charge in [-0.3, -0.25) is 0 Å². The average Bonchev–Trinajstić information content (AvgIpc) is 2.27. The Bertz CT molecular complexity index is 188. The van der Waals surface area contributed by atoms with Gasteiger partial charge in [-0.1, -0.05) is 12.2 Å². The molecule has 2 nitrogen and oxygen atoms in total. The summed E-state index contributed by atoms with van der Waals surface area (Å²) < 4.78 is 11.7. The van der Waals surface area contributed by atoms with Crippen molar-refractivity contribution in [2.45, 2.75) is 57.5 Å². The van der Waals surface area contributed by atoms with Gasteiger partial charge in [-0.25, -0.2) is 0 Å². The molecule has 13 heavy (non-hydrogen) atoms. The number of rotatable bonds is 0. The van der Waals surface area contributed by atoms with Crippen molar-refractivity contribution in [1.82, 2.24) is 0 Å². The number of hydrogen-bond acceptors (Lipinski definition) is 2. The van der Waals surface area contributed by atoms with Gasteiger partial charge >= 0.3 is 0 Å². The highest BCUT2D eigenvalue weighted by Gasteiger charge is 2.40. The smallest absolute Gasteiger partial charge is 0.163 e. The number of fused-ring (bicyclic) bond motifs is 1. The largest absolute Gasteiger partial charge is 0.345 e. The van der Waals surface area contributed by atoms with Crippen molar-refractivity contribution in [3.05, 3.63) is 12.2 Å². The van der Waals surface area contributed by atoms with Crippen LogP contribution in [0.4, 0.5) is 0 Å². The standard InChI is InChI=1S/C11H18O2/c1-11(2)12-9-7-5-3-4-6-8-10(9)13-11/h3-4,9-10H,5-8H2,1-2H3/b4-3+/t9-,10?/m1/s1. The third kappa shape index (κ3) is 2.12. The van der Waals surface area contributed by atoms with E-state index < -0.39 is 0 Å². The van der Waals surface area contributed by atoms with Gasteiger partial charge in [0, 0.05) is 0 Å². The van der Waals surface area contributed by atoms with Crippen LogP contribution in [0.15, 0.2) is 12.2 Å². The fourth-order valence-corrected chi connectivity index (χ4v) is 2.15. The maximum absolute atomic E-state index is 5.83. The molecule has 2 atom stereocenters. The molecule has 0 amide bonds. The summed E-state index contributed by atoms with van der Waals surface area (Å²) in [4.78, 5) is 0. The fraction of sp³-hybridized carbons (Fsp3) is 0.818. The Balaban J connectivity index is 2.03. The third-order valence-electron chi connectivity index (χ3n) is 2.69. The zero-order chi connectivity index (χ0) is 9.31. The Morgan fingerprint density at radius 2 is 1.46 bits per heavy atom. The van der Waals surface area contributed by atoms with E-state index in [1.54, 1.807) is 0 Å². The molecule has 1 unspecified atom stereocenters. The van der Waals surface area contributed by atoms with E-state index >= 15 is 0 Å². The maximum Gasteiger partial charge on any atom is 0.163 e. The van der Waals surface area contributed by atoms with E-state index in [9.17, 15) is 0 Å². The minimum Gasteiger partial charge on any atom is -0.345 e. The van der Waals surface area contributed by atoms with Crippen molar-refractivity contribution >= 4 is 0 Å². The fourth-order valence-electron chi connectivity index (χ4n) is 2.15. The lowest BCUT2D eigenvalue weighted by Crippen LogP contribution is -2.22.